The molecule has 1 heteroatoms. The highest BCUT2D eigenvalue weighted by atomic mass is 16.1. The molecule has 1 aromatic carbocycles. The molecule has 0 aromatic heterocycles. The molecule has 1 aliphatic carbocycles. The summed E-state index contributed by atoms with van der Waals surface area (Å²) < 4.78 is 0. The Morgan fingerprint density at radius 2 is 2.25 bits per heavy atom. The van der Waals surface area contributed by atoms with E-state index in [0.29, 0.717) is 12.0 Å². The van der Waals surface area contributed by atoms with Gasteiger partial charge < -0.3 is 0 Å². The predicted molar refractivity (Wildman–Crippen MR) is 67.3 cm³/mol. The summed E-state index contributed by atoms with van der Waals surface area (Å²) in [6.07, 6.45) is 7.25. The highest BCUT2D eigenvalue weighted by Crippen LogP contribution is 2.24. The molecule has 0 unspecified atom stereocenters. The van der Waals surface area contributed by atoms with Crippen molar-refractivity contribution in [2.45, 2.75) is 26.2 Å². The SMILES string of the molecule is C=C(Cc1cccc2c1C=CCC2)C(C)=O. The van der Waals surface area contributed by atoms with Gasteiger partial charge in [0.25, 0.3) is 0 Å². The van der Waals surface area contributed by atoms with Gasteiger partial charge in [-0.15, -0.1) is 0 Å². The smallest absolute Gasteiger partial charge is 0.155 e. The fourth-order valence-electron chi connectivity index (χ4n) is 2.05. The summed E-state index contributed by atoms with van der Waals surface area (Å²) >= 11 is 0. The van der Waals surface area contributed by atoms with Gasteiger partial charge in [-0.05, 0) is 42.0 Å². The second kappa shape index (κ2) is 4.48. The number of rotatable bonds is 3. The molecule has 0 fully saturated rings. The zero-order chi connectivity index (χ0) is 11.5. The molecule has 0 bridgehead atoms. The lowest BCUT2D eigenvalue weighted by Gasteiger charge is -2.15. The number of ketones is 1. The van der Waals surface area contributed by atoms with Gasteiger partial charge in [0, 0.05) is 6.42 Å². The maximum Gasteiger partial charge on any atom is 0.155 e. The Labute approximate surface area is 96.5 Å². The van der Waals surface area contributed by atoms with Crippen LogP contribution in [0.25, 0.3) is 6.08 Å². The highest BCUT2D eigenvalue weighted by molar-refractivity contribution is 5.93. The Morgan fingerprint density at radius 1 is 1.44 bits per heavy atom. The average Bonchev–Trinajstić information content (AvgIpc) is 2.29. The van der Waals surface area contributed by atoms with E-state index in [9.17, 15) is 4.79 Å². The van der Waals surface area contributed by atoms with E-state index in [-0.39, 0.29) is 5.78 Å². The van der Waals surface area contributed by atoms with Crippen LogP contribution in [0.3, 0.4) is 0 Å². The van der Waals surface area contributed by atoms with E-state index in [4.69, 9.17) is 0 Å². The van der Waals surface area contributed by atoms with Gasteiger partial charge >= 0.3 is 0 Å². The van der Waals surface area contributed by atoms with Gasteiger partial charge in [-0.1, -0.05) is 36.9 Å². The minimum Gasteiger partial charge on any atom is -0.295 e. The van der Waals surface area contributed by atoms with Gasteiger partial charge in [-0.25, -0.2) is 0 Å². The fraction of sp³-hybridized carbons (Fsp3) is 0.267. The van der Waals surface area contributed by atoms with Gasteiger partial charge in [0.2, 0.25) is 0 Å². The van der Waals surface area contributed by atoms with Crippen molar-refractivity contribution in [2.24, 2.45) is 0 Å². The summed E-state index contributed by atoms with van der Waals surface area (Å²) in [5.41, 5.74) is 4.58. The Hall–Kier alpha value is -1.63. The number of hydrogen-bond acceptors (Lipinski definition) is 1. The molecule has 0 saturated heterocycles. The molecule has 16 heavy (non-hydrogen) atoms. The first-order valence-corrected chi connectivity index (χ1v) is 5.64. The highest BCUT2D eigenvalue weighted by Gasteiger charge is 2.10. The van der Waals surface area contributed by atoms with Gasteiger partial charge in [0.1, 0.15) is 0 Å². The van der Waals surface area contributed by atoms with Crippen LogP contribution in [0.1, 0.15) is 30.0 Å². The summed E-state index contributed by atoms with van der Waals surface area (Å²) in [5.74, 6) is 0.0809. The van der Waals surface area contributed by atoms with Crippen molar-refractivity contribution in [1.82, 2.24) is 0 Å². The van der Waals surface area contributed by atoms with Crippen LogP contribution in [0.4, 0.5) is 0 Å². The maximum absolute atomic E-state index is 11.2. The molecule has 1 nitrogen and oxygen atoms in total. The maximum atomic E-state index is 11.2. The van der Waals surface area contributed by atoms with E-state index in [1.807, 2.05) is 0 Å². The summed E-state index contributed by atoms with van der Waals surface area (Å²) in [5, 5.41) is 0. The monoisotopic (exact) mass is 212 g/mol. The molecule has 82 valence electrons. The molecule has 2 rings (SSSR count). The molecule has 0 spiro atoms. The lowest BCUT2D eigenvalue weighted by molar-refractivity contribution is -0.113. The molecule has 0 N–H and O–H groups in total. The fourth-order valence-corrected chi connectivity index (χ4v) is 2.05. The van der Waals surface area contributed by atoms with Crippen molar-refractivity contribution in [3.8, 4) is 0 Å². The average molecular weight is 212 g/mol. The van der Waals surface area contributed by atoms with E-state index < -0.39 is 0 Å². The molecule has 0 heterocycles. The topological polar surface area (TPSA) is 17.1 Å². The van der Waals surface area contributed by atoms with Crippen LogP contribution in [0, 0.1) is 0 Å². The molecule has 0 saturated carbocycles. The summed E-state index contributed by atoms with van der Waals surface area (Å²) in [7, 11) is 0. The largest absolute Gasteiger partial charge is 0.295 e. The second-order valence-corrected chi connectivity index (χ2v) is 4.27. The zero-order valence-corrected chi connectivity index (χ0v) is 9.62. The Kier molecular flexibility index (Phi) is 3.04. The molecule has 0 amide bonds. The number of aryl methyl sites for hydroxylation is 1. The van der Waals surface area contributed by atoms with E-state index in [0.717, 1.165) is 12.8 Å². The summed E-state index contributed by atoms with van der Waals surface area (Å²) in [4.78, 5) is 11.2. The van der Waals surface area contributed by atoms with Crippen molar-refractivity contribution in [2.75, 3.05) is 0 Å². The Balaban J connectivity index is 2.32. The third-order valence-corrected chi connectivity index (χ3v) is 3.05. The van der Waals surface area contributed by atoms with Crippen LogP contribution in [-0.4, -0.2) is 5.78 Å². The van der Waals surface area contributed by atoms with Gasteiger partial charge in [-0.3, -0.25) is 4.79 Å². The molecule has 0 radical (unpaired) electrons. The molecule has 0 aliphatic heterocycles. The van der Waals surface area contributed by atoms with Gasteiger partial charge in [0.15, 0.2) is 5.78 Å². The van der Waals surface area contributed by atoms with Crippen molar-refractivity contribution >= 4 is 11.9 Å². The van der Waals surface area contributed by atoms with Crippen molar-refractivity contribution in [3.63, 3.8) is 0 Å². The number of hydrogen-bond donors (Lipinski definition) is 0. The van der Waals surface area contributed by atoms with Crippen LogP contribution >= 0.6 is 0 Å². The van der Waals surface area contributed by atoms with Gasteiger partial charge in [0.05, 0.1) is 0 Å². The Morgan fingerprint density at radius 3 is 3.00 bits per heavy atom. The molecular formula is C15H16O. The standard InChI is InChI=1S/C15H16O/c1-11(12(2)16)10-14-8-5-7-13-6-3-4-9-15(13)14/h4-5,7-9H,1,3,6,10H2,2H3. The lowest BCUT2D eigenvalue weighted by Crippen LogP contribution is -2.03. The van der Waals surface area contributed by atoms with Crippen LogP contribution < -0.4 is 0 Å². The number of carbonyl (C=O) groups is 1. The molecular weight excluding hydrogens is 196 g/mol. The number of Topliss-reactive ketones (excluding diaryl/α,β-unsaturated/α-hetero) is 1. The molecule has 1 aliphatic rings. The van der Waals surface area contributed by atoms with Crippen molar-refractivity contribution in [3.05, 3.63) is 53.1 Å². The molecule has 1 aromatic rings. The van der Waals surface area contributed by atoms with E-state index >= 15 is 0 Å². The zero-order valence-electron chi connectivity index (χ0n) is 9.62. The third kappa shape index (κ3) is 2.13. The molecule has 0 atom stereocenters. The van der Waals surface area contributed by atoms with E-state index in [2.05, 4.69) is 36.9 Å². The quantitative estimate of drug-likeness (QED) is 0.702. The normalized spacial score (nSPS) is 13.3. The van der Waals surface area contributed by atoms with Crippen LogP contribution in [0.15, 0.2) is 36.4 Å². The number of fused-ring (bicyclic) bond motifs is 1. The second-order valence-electron chi connectivity index (χ2n) is 4.27. The first-order valence-electron chi connectivity index (χ1n) is 5.64. The summed E-state index contributed by atoms with van der Waals surface area (Å²) in [6.45, 7) is 5.40. The van der Waals surface area contributed by atoms with Crippen molar-refractivity contribution < 1.29 is 4.79 Å². The van der Waals surface area contributed by atoms with Crippen LogP contribution in [-0.2, 0) is 17.6 Å². The van der Waals surface area contributed by atoms with Crippen molar-refractivity contribution in [1.29, 1.82) is 0 Å². The third-order valence-electron chi connectivity index (χ3n) is 3.05. The Bertz CT molecular complexity index is 466. The lowest BCUT2D eigenvalue weighted by atomic mass is 9.90. The van der Waals surface area contributed by atoms with E-state index in [1.54, 1.807) is 6.92 Å². The summed E-state index contributed by atoms with van der Waals surface area (Å²) in [6, 6.07) is 6.32. The van der Waals surface area contributed by atoms with Crippen LogP contribution in [0.5, 0.6) is 0 Å². The number of benzene rings is 1. The number of allylic oxidation sites excluding steroid dienone is 2. The van der Waals surface area contributed by atoms with Gasteiger partial charge in [-0.2, -0.15) is 0 Å². The first-order chi connectivity index (χ1) is 7.68. The predicted octanol–water partition coefficient (Wildman–Crippen LogP) is 3.33. The first kappa shape index (κ1) is 10.9. The van der Waals surface area contributed by atoms with E-state index in [1.165, 1.54) is 16.7 Å². The number of carbonyl (C=O) groups excluding carboxylic acids is 1. The minimum atomic E-state index is 0.0809. The minimum absolute atomic E-state index is 0.0809. The van der Waals surface area contributed by atoms with Crippen LogP contribution in [0.2, 0.25) is 0 Å².